The van der Waals surface area contributed by atoms with Crippen LogP contribution in [0.3, 0.4) is 0 Å². The molecule has 1 aromatic heterocycles. The number of non-ortho nitro benzene ring substituents is 1. The number of nitro groups is 1. The van der Waals surface area contributed by atoms with E-state index in [-0.39, 0.29) is 18.2 Å². The van der Waals surface area contributed by atoms with E-state index in [1.807, 2.05) is 36.5 Å². The fourth-order valence-corrected chi connectivity index (χ4v) is 3.53. The second kappa shape index (κ2) is 10.5. The van der Waals surface area contributed by atoms with Crippen molar-refractivity contribution in [2.45, 2.75) is 6.54 Å². The minimum atomic E-state index is -0.467. The number of methoxy groups -OCH3 is 1. The minimum absolute atomic E-state index is 0.0676. The lowest BCUT2D eigenvalue weighted by Gasteiger charge is -2.18. The molecule has 178 valence electrons. The van der Waals surface area contributed by atoms with E-state index in [1.165, 1.54) is 18.2 Å². The molecule has 0 spiro atoms. The molecule has 4 rings (SSSR count). The zero-order valence-corrected chi connectivity index (χ0v) is 19.3. The Balaban J connectivity index is 1.45. The molecule has 0 unspecified atom stereocenters. The summed E-state index contributed by atoms with van der Waals surface area (Å²) in [5.41, 5.74) is 2.96. The molecule has 0 aliphatic rings. The Morgan fingerprint density at radius 2 is 1.83 bits per heavy atom. The molecule has 1 heterocycles. The first-order valence-corrected chi connectivity index (χ1v) is 10.8. The van der Waals surface area contributed by atoms with E-state index in [0.29, 0.717) is 29.2 Å². The van der Waals surface area contributed by atoms with Crippen LogP contribution in [0.5, 0.6) is 11.5 Å². The zero-order chi connectivity index (χ0) is 24.8. The number of carbonyl (C=O) groups is 1. The third-order valence-electron chi connectivity index (χ3n) is 5.43. The Kier molecular flexibility index (Phi) is 7.06. The van der Waals surface area contributed by atoms with E-state index in [2.05, 4.69) is 5.10 Å². The van der Waals surface area contributed by atoms with Gasteiger partial charge in [-0.25, -0.2) is 4.68 Å². The summed E-state index contributed by atoms with van der Waals surface area (Å²) < 4.78 is 12.7. The largest absolute Gasteiger partial charge is 0.497 e. The van der Waals surface area contributed by atoms with Crippen LogP contribution in [-0.4, -0.2) is 46.3 Å². The van der Waals surface area contributed by atoms with Gasteiger partial charge in [0, 0.05) is 43.0 Å². The molecule has 4 aromatic rings. The number of aromatic nitrogens is 2. The van der Waals surface area contributed by atoms with Gasteiger partial charge in [0.1, 0.15) is 11.5 Å². The highest BCUT2D eigenvalue weighted by Gasteiger charge is 2.17. The third-order valence-corrected chi connectivity index (χ3v) is 5.43. The molecule has 0 aliphatic carbocycles. The summed E-state index contributed by atoms with van der Waals surface area (Å²) >= 11 is 0. The van der Waals surface area contributed by atoms with Crippen LogP contribution < -0.4 is 9.47 Å². The first-order valence-electron chi connectivity index (χ1n) is 10.8. The van der Waals surface area contributed by atoms with E-state index in [0.717, 1.165) is 11.3 Å². The fraction of sp³-hybridized carbons (Fsp3) is 0.154. The SMILES string of the molecule is COc1ccc(-c2cc([N+](=O)[O-])ccc2OCC(=O)N(C)Cc2cnn(-c3ccccc3)c2)cc1. The number of likely N-dealkylation sites (N-methyl/N-ethyl adjacent to an activating group) is 1. The van der Waals surface area contributed by atoms with Crippen molar-refractivity contribution in [3.63, 3.8) is 0 Å². The third kappa shape index (κ3) is 5.64. The van der Waals surface area contributed by atoms with Crippen molar-refractivity contribution in [1.29, 1.82) is 0 Å². The Morgan fingerprint density at radius 3 is 2.51 bits per heavy atom. The number of carbonyl (C=O) groups excluding carboxylic acids is 1. The summed E-state index contributed by atoms with van der Waals surface area (Å²) in [6, 6.07) is 21.1. The van der Waals surface area contributed by atoms with Gasteiger partial charge in [0.2, 0.25) is 0 Å². The van der Waals surface area contributed by atoms with Crippen molar-refractivity contribution >= 4 is 11.6 Å². The van der Waals surface area contributed by atoms with Gasteiger partial charge in [-0.15, -0.1) is 0 Å². The second-order valence-electron chi connectivity index (χ2n) is 7.83. The smallest absolute Gasteiger partial charge is 0.270 e. The lowest BCUT2D eigenvalue weighted by atomic mass is 10.0. The monoisotopic (exact) mass is 472 g/mol. The number of para-hydroxylation sites is 1. The summed E-state index contributed by atoms with van der Waals surface area (Å²) in [6.07, 6.45) is 3.59. The average Bonchev–Trinajstić information content (AvgIpc) is 3.36. The van der Waals surface area contributed by atoms with Crippen molar-refractivity contribution in [2.24, 2.45) is 0 Å². The van der Waals surface area contributed by atoms with Gasteiger partial charge in [-0.1, -0.05) is 30.3 Å². The molecule has 9 heteroatoms. The summed E-state index contributed by atoms with van der Waals surface area (Å²) in [4.78, 5) is 25.1. The molecule has 0 saturated carbocycles. The molecule has 0 bridgehead atoms. The van der Waals surface area contributed by atoms with Gasteiger partial charge in [0.15, 0.2) is 6.61 Å². The van der Waals surface area contributed by atoms with Gasteiger partial charge in [-0.05, 0) is 35.9 Å². The standard InChI is InChI=1S/C26H24N4O5/c1-28(16-19-15-27-29(17-19)21-6-4-3-5-7-21)26(31)18-35-25-13-10-22(30(32)33)14-24(25)20-8-11-23(34-2)12-9-20/h3-15,17H,16,18H2,1-2H3. The number of amides is 1. The summed E-state index contributed by atoms with van der Waals surface area (Å²) in [7, 11) is 3.25. The molecule has 0 saturated heterocycles. The summed E-state index contributed by atoms with van der Waals surface area (Å²) in [5.74, 6) is 0.796. The van der Waals surface area contributed by atoms with E-state index in [9.17, 15) is 14.9 Å². The highest BCUT2D eigenvalue weighted by molar-refractivity contribution is 5.79. The Hall–Kier alpha value is -4.66. The minimum Gasteiger partial charge on any atom is -0.497 e. The molecule has 0 atom stereocenters. The highest BCUT2D eigenvalue weighted by atomic mass is 16.6. The van der Waals surface area contributed by atoms with Crippen LogP contribution in [0.1, 0.15) is 5.56 Å². The van der Waals surface area contributed by atoms with Crippen LogP contribution in [0, 0.1) is 10.1 Å². The number of benzene rings is 3. The Labute approximate surface area is 202 Å². The van der Waals surface area contributed by atoms with Crippen LogP contribution in [0.25, 0.3) is 16.8 Å². The predicted molar refractivity (Wildman–Crippen MR) is 131 cm³/mol. The van der Waals surface area contributed by atoms with Crippen LogP contribution in [0.2, 0.25) is 0 Å². The second-order valence-corrected chi connectivity index (χ2v) is 7.83. The number of rotatable bonds is 9. The predicted octanol–water partition coefficient (Wildman–Crippen LogP) is 4.49. The van der Waals surface area contributed by atoms with E-state index >= 15 is 0 Å². The number of nitrogens with zero attached hydrogens (tertiary/aromatic N) is 4. The first-order chi connectivity index (χ1) is 16.9. The normalized spacial score (nSPS) is 10.6. The molecule has 1 amide bonds. The molecular weight excluding hydrogens is 448 g/mol. The number of hydrogen-bond acceptors (Lipinski definition) is 6. The van der Waals surface area contributed by atoms with Crippen molar-refractivity contribution < 1.29 is 19.2 Å². The van der Waals surface area contributed by atoms with Gasteiger partial charge >= 0.3 is 0 Å². The molecule has 0 fully saturated rings. The van der Waals surface area contributed by atoms with E-state index < -0.39 is 4.92 Å². The number of hydrogen-bond donors (Lipinski definition) is 0. The maximum atomic E-state index is 12.8. The molecule has 0 aliphatic heterocycles. The van der Waals surface area contributed by atoms with Gasteiger partial charge < -0.3 is 14.4 Å². The van der Waals surface area contributed by atoms with Crippen molar-refractivity contribution in [3.05, 3.63) is 101 Å². The van der Waals surface area contributed by atoms with Crippen molar-refractivity contribution in [3.8, 4) is 28.3 Å². The molecule has 9 nitrogen and oxygen atoms in total. The topological polar surface area (TPSA) is 99.7 Å². The maximum Gasteiger partial charge on any atom is 0.270 e. The maximum absolute atomic E-state index is 12.8. The molecule has 0 radical (unpaired) electrons. The number of ether oxygens (including phenoxy) is 2. The Bertz CT molecular complexity index is 1320. The molecular formula is C26H24N4O5. The fourth-order valence-electron chi connectivity index (χ4n) is 3.53. The van der Waals surface area contributed by atoms with Crippen LogP contribution in [-0.2, 0) is 11.3 Å². The zero-order valence-electron chi connectivity index (χ0n) is 19.3. The average molecular weight is 473 g/mol. The van der Waals surface area contributed by atoms with E-state index in [4.69, 9.17) is 9.47 Å². The lowest BCUT2D eigenvalue weighted by Crippen LogP contribution is -2.30. The molecule has 0 N–H and O–H groups in total. The highest BCUT2D eigenvalue weighted by Crippen LogP contribution is 2.34. The quantitative estimate of drug-likeness (QED) is 0.263. The van der Waals surface area contributed by atoms with Gasteiger partial charge in [0.05, 0.1) is 23.9 Å². The van der Waals surface area contributed by atoms with Crippen LogP contribution >= 0.6 is 0 Å². The molecule has 35 heavy (non-hydrogen) atoms. The van der Waals surface area contributed by atoms with Crippen molar-refractivity contribution in [1.82, 2.24) is 14.7 Å². The lowest BCUT2D eigenvalue weighted by molar-refractivity contribution is -0.384. The van der Waals surface area contributed by atoms with Crippen molar-refractivity contribution in [2.75, 3.05) is 20.8 Å². The van der Waals surface area contributed by atoms with Gasteiger partial charge in [0.25, 0.3) is 11.6 Å². The summed E-state index contributed by atoms with van der Waals surface area (Å²) in [6.45, 7) is 0.144. The number of nitro benzene ring substituents is 1. The van der Waals surface area contributed by atoms with Gasteiger partial charge in [-0.2, -0.15) is 5.10 Å². The van der Waals surface area contributed by atoms with E-state index in [1.54, 1.807) is 54.2 Å². The summed E-state index contributed by atoms with van der Waals surface area (Å²) in [5, 5.41) is 15.7. The van der Waals surface area contributed by atoms with Crippen LogP contribution in [0.4, 0.5) is 5.69 Å². The van der Waals surface area contributed by atoms with Crippen LogP contribution in [0.15, 0.2) is 85.2 Å². The first kappa shape index (κ1) is 23.5. The Morgan fingerprint density at radius 1 is 1.09 bits per heavy atom. The van der Waals surface area contributed by atoms with Gasteiger partial charge in [-0.3, -0.25) is 14.9 Å². The molecule has 3 aromatic carbocycles.